The number of piperidine rings is 1. The summed E-state index contributed by atoms with van der Waals surface area (Å²) in [4.78, 5) is 2.21. The quantitative estimate of drug-likeness (QED) is 0.458. The van der Waals surface area contributed by atoms with Crippen molar-refractivity contribution in [2.75, 3.05) is 52.7 Å². The highest BCUT2D eigenvalue weighted by molar-refractivity contribution is 7.88. The van der Waals surface area contributed by atoms with Gasteiger partial charge in [-0.1, -0.05) is 0 Å². The minimum Gasteiger partial charge on any atom is -0.388 e. The molecule has 21 heavy (non-hydrogen) atoms. The van der Waals surface area contributed by atoms with Crippen LogP contribution in [0.15, 0.2) is 0 Å². The van der Waals surface area contributed by atoms with E-state index in [2.05, 4.69) is 4.90 Å². The normalized spacial score (nSPS) is 20.8. The second kappa shape index (κ2) is 8.67. The molecule has 1 rings (SSSR count). The molecule has 3 N–H and O–H groups in total. The summed E-state index contributed by atoms with van der Waals surface area (Å²) in [5, 5.41) is 7.33. The number of methoxy groups -OCH3 is 1. The first-order chi connectivity index (χ1) is 9.82. The largest absolute Gasteiger partial charge is 0.388 e. The lowest BCUT2D eigenvalue weighted by atomic mass is 9.99. The van der Waals surface area contributed by atoms with Gasteiger partial charge in [0.25, 0.3) is 0 Å². The van der Waals surface area contributed by atoms with Crippen LogP contribution in [0.25, 0.3) is 0 Å². The molecule has 0 radical (unpaired) electrons. The van der Waals surface area contributed by atoms with Gasteiger partial charge in [0, 0.05) is 46.3 Å². The number of nitrogens with one attached hydrogen (secondary N) is 1. The Morgan fingerprint density at radius 3 is 2.76 bits per heavy atom. The molecule has 1 fully saturated rings. The Kier molecular flexibility index (Phi) is 7.58. The summed E-state index contributed by atoms with van der Waals surface area (Å²) in [6.07, 6.45) is 3.75. The maximum atomic E-state index is 11.7. The maximum absolute atomic E-state index is 11.7. The Bertz CT molecular complexity index is 427. The van der Waals surface area contributed by atoms with Crippen molar-refractivity contribution in [3.63, 3.8) is 0 Å². The van der Waals surface area contributed by atoms with Gasteiger partial charge >= 0.3 is 0 Å². The minimum atomic E-state index is -3.10. The van der Waals surface area contributed by atoms with Gasteiger partial charge in [0.1, 0.15) is 0 Å². The third-order valence-corrected chi connectivity index (χ3v) is 5.05. The molecule has 8 heteroatoms. The van der Waals surface area contributed by atoms with Crippen LogP contribution < -0.4 is 5.73 Å². The summed E-state index contributed by atoms with van der Waals surface area (Å²) in [6, 6.07) is 0. The standard InChI is InChI=1S/C13H28N4O3S/c1-20-9-8-16(7-5-13(14)15)10-12-4-3-6-17(11-12)21(2,18)19/h12H,3-11H2,1-2H3,(H3,14,15). The highest BCUT2D eigenvalue weighted by Gasteiger charge is 2.27. The molecule has 1 heterocycles. The lowest BCUT2D eigenvalue weighted by Gasteiger charge is -2.34. The summed E-state index contributed by atoms with van der Waals surface area (Å²) < 4.78 is 30.0. The average Bonchev–Trinajstić information content (AvgIpc) is 2.41. The third kappa shape index (κ3) is 7.21. The van der Waals surface area contributed by atoms with Crippen LogP contribution in [0.4, 0.5) is 0 Å². The summed E-state index contributed by atoms with van der Waals surface area (Å²) in [6.45, 7) is 4.15. The lowest BCUT2D eigenvalue weighted by molar-refractivity contribution is 0.125. The predicted molar refractivity (Wildman–Crippen MR) is 84.0 cm³/mol. The Morgan fingerprint density at radius 2 is 2.19 bits per heavy atom. The summed E-state index contributed by atoms with van der Waals surface area (Å²) in [7, 11) is -1.44. The van der Waals surface area contributed by atoms with E-state index in [1.54, 1.807) is 11.4 Å². The molecule has 1 aliphatic heterocycles. The molecule has 7 nitrogen and oxygen atoms in total. The lowest BCUT2D eigenvalue weighted by Crippen LogP contribution is -2.44. The number of amidine groups is 1. The van der Waals surface area contributed by atoms with E-state index in [9.17, 15) is 8.42 Å². The van der Waals surface area contributed by atoms with E-state index in [4.69, 9.17) is 15.9 Å². The van der Waals surface area contributed by atoms with Gasteiger partial charge in [0.15, 0.2) is 0 Å². The SMILES string of the molecule is COCCN(CCC(=N)N)CC1CCCN(S(C)(=O)=O)C1. The second-order valence-corrected chi connectivity index (χ2v) is 7.68. The van der Waals surface area contributed by atoms with Crippen molar-refractivity contribution >= 4 is 15.9 Å². The average molecular weight is 320 g/mol. The van der Waals surface area contributed by atoms with Gasteiger partial charge < -0.3 is 15.4 Å². The second-order valence-electron chi connectivity index (χ2n) is 5.70. The fourth-order valence-electron chi connectivity index (χ4n) is 2.64. The van der Waals surface area contributed by atoms with Gasteiger partial charge in [0.05, 0.1) is 18.7 Å². The van der Waals surface area contributed by atoms with Gasteiger partial charge in [-0.05, 0) is 18.8 Å². The fraction of sp³-hybridized carbons (Fsp3) is 0.923. The van der Waals surface area contributed by atoms with E-state index >= 15 is 0 Å². The third-order valence-electron chi connectivity index (χ3n) is 3.78. The van der Waals surface area contributed by atoms with Crippen LogP contribution in [0.3, 0.4) is 0 Å². The molecule has 124 valence electrons. The summed E-state index contributed by atoms with van der Waals surface area (Å²) in [5.41, 5.74) is 5.42. The molecule has 0 aromatic carbocycles. The molecule has 0 aromatic heterocycles. The molecule has 0 amide bonds. The first-order valence-electron chi connectivity index (χ1n) is 7.32. The summed E-state index contributed by atoms with van der Waals surface area (Å²) >= 11 is 0. The molecule has 0 spiro atoms. The monoisotopic (exact) mass is 320 g/mol. The van der Waals surface area contributed by atoms with Gasteiger partial charge in [-0.3, -0.25) is 5.41 Å². The Morgan fingerprint density at radius 1 is 1.48 bits per heavy atom. The molecule has 0 aromatic rings. The molecule has 1 saturated heterocycles. The molecule has 1 unspecified atom stereocenters. The van der Waals surface area contributed by atoms with Crippen molar-refractivity contribution in [1.82, 2.24) is 9.21 Å². The predicted octanol–water partition coefficient (Wildman–Crippen LogP) is -0.0675. The van der Waals surface area contributed by atoms with Crippen LogP contribution in [0.5, 0.6) is 0 Å². The van der Waals surface area contributed by atoms with E-state index in [-0.39, 0.29) is 5.84 Å². The van der Waals surface area contributed by atoms with E-state index in [1.165, 1.54) is 6.26 Å². The van der Waals surface area contributed by atoms with E-state index < -0.39 is 10.0 Å². The number of hydrogen-bond donors (Lipinski definition) is 2. The number of nitrogens with two attached hydrogens (primary N) is 1. The zero-order chi connectivity index (χ0) is 15.9. The van der Waals surface area contributed by atoms with Crippen LogP contribution in [0.2, 0.25) is 0 Å². The van der Waals surface area contributed by atoms with Crippen LogP contribution in [-0.4, -0.2) is 76.2 Å². The Balaban J connectivity index is 2.53. The number of ether oxygens (including phenoxy) is 1. The number of hydrogen-bond acceptors (Lipinski definition) is 5. The molecule has 1 aliphatic rings. The van der Waals surface area contributed by atoms with Crippen LogP contribution >= 0.6 is 0 Å². The highest BCUT2D eigenvalue weighted by atomic mass is 32.2. The van der Waals surface area contributed by atoms with Crippen LogP contribution in [0, 0.1) is 11.3 Å². The number of rotatable bonds is 9. The topological polar surface area (TPSA) is 99.7 Å². The number of sulfonamides is 1. The molecular weight excluding hydrogens is 292 g/mol. The molecular formula is C13H28N4O3S. The molecule has 0 aliphatic carbocycles. The van der Waals surface area contributed by atoms with Gasteiger partial charge in [-0.2, -0.15) is 0 Å². The highest BCUT2D eigenvalue weighted by Crippen LogP contribution is 2.19. The van der Waals surface area contributed by atoms with Crippen molar-refractivity contribution < 1.29 is 13.2 Å². The maximum Gasteiger partial charge on any atom is 0.211 e. The zero-order valence-electron chi connectivity index (χ0n) is 13.0. The molecule has 0 saturated carbocycles. The fourth-order valence-corrected chi connectivity index (χ4v) is 3.58. The minimum absolute atomic E-state index is 0.179. The Labute approximate surface area is 128 Å². The Hall–Kier alpha value is -0.700. The van der Waals surface area contributed by atoms with E-state index in [0.29, 0.717) is 38.6 Å². The van der Waals surface area contributed by atoms with Gasteiger partial charge in [0.2, 0.25) is 10.0 Å². The van der Waals surface area contributed by atoms with Gasteiger partial charge in [-0.15, -0.1) is 0 Å². The first-order valence-corrected chi connectivity index (χ1v) is 9.17. The van der Waals surface area contributed by atoms with Crippen molar-refractivity contribution in [2.24, 2.45) is 11.7 Å². The van der Waals surface area contributed by atoms with Crippen LogP contribution in [0.1, 0.15) is 19.3 Å². The smallest absolute Gasteiger partial charge is 0.211 e. The molecule has 0 bridgehead atoms. The molecule has 1 atom stereocenters. The van der Waals surface area contributed by atoms with Crippen LogP contribution in [-0.2, 0) is 14.8 Å². The number of nitrogens with zero attached hydrogens (tertiary/aromatic N) is 2. The van der Waals surface area contributed by atoms with Crippen molar-refractivity contribution in [3.05, 3.63) is 0 Å². The zero-order valence-corrected chi connectivity index (χ0v) is 13.9. The van der Waals surface area contributed by atoms with Crippen molar-refractivity contribution in [2.45, 2.75) is 19.3 Å². The van der Waals surface area contributed by atoms with Crippen molar-refractivity contribution in [3.8, 4) is 0 Å². The van der Waals surface area contributed by atoms with E-state index in [1.807, 2.05) is 0 Å². The first kappa shape index (κ1) is 18.3. The van der Waals surface area contributed by atoms with Crippen molar-refractivity contribution in [1.29, 1.82) is 5.41 Å². The van der Waals surface area contributed by atoms with E-state index in [0.717, 1.165) is 25.9 Å². The van der Waals surface area contributed by atoms with Gasteiger partial charge in [-0.25, -0.2) is 12.7 Å². The summed E-state index contributed by atoms with van der Waals surface area (Å²) in [5.74, 6) is 0.510.